The van der Waals surface area contributed by atoms with Gasteiger partial charge in [0, 0.05) is 18.5 Å². The standard InChI is InChI=1S/C17H19FN2O/c1-2-20(16-6-4-3-5-15(16)19)11-14-10-12-9-13(18)7-8-17(12)21-14/h3-9,14H,2,10-11,19H2,1H3. The second-order valence-corrected chi connectivity index (χ2v) is 5.29. The molecule has 1 heterocycles. The number of ether oxygens (including phenoxy) is 1. The van der Waals surface area contributed by atoms with Gasteiger partial charge in [-0.25, -0.2) is 4.39 Å². The summed E-state index contributed by atoms with van der Waals surface area (Å²) in [5.74, 6) is 0.580. The molecule has 1 atom stereocenters. The van der Waals surface area contributed by atoms with Gasteiger partial charge in [-0.15, -0.1) is 0 Å². The van der Waals surface area contributed by atoms with Crippen LogP contribution in [-0.2, 0) is 6.42 Å². The number of nitrogens with two attached hydrogens (primary N) is 1. The Morgan fingerprint density at radius 1 is 1.29 bits per heavy atom. The summed E-state index contributed by atoms with van der Waals surface area (Å²) in [6.07, 6.45) is 0.762. The highest BCUT2D eigenvalue weighted by molar-refractivity contribution is 5.67. The summed E-state index contributed by atoms with van der Waals surface area (Å²) in [4.78, 5) is 2.20. The Labute approximate surface area is 124 Å². The maximum Gasteiger partial charge on any atom is 0.123 e. The molecule has 0 fully saturated rings. The molecule has 4 heteroatoms. The zero-order valence-electron chi connectivity index (χ0n) is 12.1. The predicted octanol–water partition coefficient (Wildman–Crippen LogP) is 3.24. The van der Waals surface area contributed by atoms with E-state index in [0.29, 0.717) is 0 Å². The van der Waals surface area contributed by atoms with Gasteiger partial charge in [-0.2, -0.15) is 0 Å². The van der Waals surface area contributed by atoms with E-state index in [1.165, 1.54) is 6.07 Å². The van der Waals surface area contributed by atoms with Gasteiger partial charge < -0.3 is 15.4 Å². The zero-order chi connectivity index (χ0) is 14.8. The smallest absolute Gasteiger partial charge is 0.123 e. The number of hydrogen-bond acceptors (Lipinski definition) is 3. The summed E-state index contributed by atoms with van der Waals surface area (Å²) in [7, 11) is 0. The lowest BCUT2D eigenvalue weighted by Crippen LogP contribution is -2.35. The number of para-hydroxylation sites is 2. The van der Waals surface area contributed by atoms with Crippen molar-refractivity contribution >= 4 is 11.4 Å². The molecular weight excluding hydrogens is 267 g/mol. The Hall–Kier alpha value is -2.23. The minimum Gasteiger partial charge on any atom is -0.488 e. The van der Waals surface area contributed by atoms with Crippen LogP contribution in [0, 0.1) is 5.82 Å². The van der Waals surface area contributed by atoms with Crippen molar-refractivity contribution in [1.82, 2.24) is 0 Å². The van der Waals surface area contributed by atoms with E-state index in [-0.39, 0.29) is 11.9 Å². The van der Waals surface area contributed by atoms with Crippen LogP contribution in [0.15, 0.2) is 42.5 Å². The van der Waals surface area contributed by atoms with E-state index in [9.17, 15) is 4.39 Å². The fraction of sp³-hybridized carbons (Fsp3) is 0.294. The number of nitrogens with zero attached hydrogens (tertiary/aromatic N) is 1. The average molecular weight is 286 g/mol. The van der Waals surface area contributed by atoms with Crippen molar-refractivity contribution in [3.8, 4) is 5.75 Å². The van der Waals surface area contributed by atoms with E-state index in [2.05, 4.69) is 11.8 Å². The highest BCUT2D eigenvalue weighted by Gasteiger charge is 2.25. The Morgan fingerprint density at radius 2 is 2.10 bits per heavy atom. The minimum absolute atomic E-state index is 0.0290. The molecule has 0 saturated heterocycles. The van der Waals surface area contributed by atoms with Crippen LogP contribution in [0.2, 0.25) is 0 Å². The molecule has 0 radical (unpaired) electrons. The summed E-state index contributed by atoms with van der Waals surface area (Å²) in [6.45, 7) is 3.67. The van der Waals surface area contributed by atoms with Gasteiger partial charge in [0.05, 0.1) is 17.9 Å². The summed E-state index contributed by atoms with van der Waals surface area (Å²) in [5, 5.41) is 0. The molecule has 3 rings (SSSR count). The first-order valence-electron chi connectivity index (χ1n) is 7.22. The van der Waals surface area contributed by atoms with Crippen LogP contribution in [-0.4, -0.2) is 19.2 Å². The fourth-order valence-corrected chi connectivity index (χ4v) is 2.81. The van der Waals surface area contributed by atoms with E-state index >= 15 is 0 Å². The van der Waals surface area contributed by atoms with Crippen molar-refractivity contribution in [2.45, 2.75) is 19.4 Å². The molecular formula is C17H19FN2O. The summed E-state index contributed by atoms with van der Waals surface area (Å²) >= 11 is 0. The first kappa shape index (κ1) is 13.7. The van der Waals surface area contributed by atoms with Gasteiger partial charge in [0.25, 0.3) is 0 Å². The zero-order valence-corrected chi connectivity index (χ0v) is 12.1. The largest absolute Gasteiger partial charge is 0.488 e. The quantitative estimate of drug-likeness (QED) is 0.877. The third-order valence-corrected chi connectivity index (χ3v) is 3.85. The first-order valence-corrected chi connectivity index (χ1v) is 7.22. The number of benzene rings is 2. The molecule has 0 aromatic heterocycles. The van der Waals surface area contributed by atoms with Crippen LogP contribution in [0.3, 0.4) is 0 Å². The number of nitrogen functional groups attached to an aromatic ring is 1. The molecule has 110 valence electrons. The van der Waals surface area contributed by atoms with Crippen molar-refractivity contribution in [1.29, 1.82) is 0 Å². The van der Waals surface area contributed by atoms with Gasteiger partial charge in [0.2, 0.25) is 0 Å². The number of fused-ring (bicyclic) bond motifs is 1. The maximum absolute atomic E-state index is 13.3. The second kappa shape index (κ2) is 5.64. The van der Waals surface area contributed by atoms with Gasteiger partial charge in [-0.05, 0) is 37.3 Å². The van der Waals surface area contributed by atoms with Crippen LogP contribution in [0.25, 0.3) is 0 Å². The van der Waals surface area contributed by atoms with Gasteiger partial charge in [0.15, 0.2) is 0 Å². The Kier molecular flexibility index (Phi) is 3.69. The molecule has 2 N–H and O–H groups in total. The maximum atomic E-state index is 13.3. The van der Waals surface area contributed by atoms with E-state index < -0.39 is 0 Å². The van der Waals surface area contributed by atoms with Crippen molar-refractivity contribution in [2.24, 2.45) is 0 Å². The molecule has 2 aromatic rings. The highest BCUT2D eigenvalue weighted by Crippen LogP contribution is 2.31. The van der Waals surface area contributed by atoms with Crippen molar-refractivity contribution in [3.05, 3.63) is 53.8 Å². The van der Waals surface area contributed by atoms with Crippen LogP contribution < -0.4 is 15.4 Å². The topological polar surface area (TPSA) is 38.5 Å². The molecule has 0 aliphatic carbocycles. The molecule has 0 amide bonds. The van der Waals surface area contributed by atoms with Gasteiger partial charge in [-0.3, -0.25) is 0 Å². The van der Waals surface area contributed by atoms with Gasteiger partial charge in [-0.1, -0.05) is 12.1 Å². The normalized spacial score (nSPS) is 16.4. The molecule has 0 spiro atoms. The number of hydrogen-bond donors (Lipinski definition) is 1. The SMILES string of the molecule is CCN(CC1Cc2cc(F)ccc2O1)c1ccccc1N. The van der Waals surface area contributed by atoms with Gasteiger partial charge >= 0.3 is 0 Å². The minimum atomic E-state index is -0.211. The number of halogens is 1. The molecule has 1 aliphatic heterocycles. The predicted molar refractivity (Wildman–Crippen MR) is 83.3 cm³/mol. The van der Waals surface area contributed by atoms with Crippen LogP contribution >= 0.6 is 0 Å². The van der Waals surface area contributed by atoms with E-state index in [0.717, 1.165) is 42.2 Å². The Bertz CT molecular complexity index is 644. The van der Waals surface area contributed by atoms with Crippen LogP contribution in [0.1, 0.15) is 12.5 Å². The summed E-state index contributed by atoms with van der Waals surface area (Å²) < 4.78 is 19.2. The van der Waals surface area contributed by atoms with Crippen LogP contribution in [0.4, 0.5) is 15.8 Å². The highest BCUT2D eigenvalue weighted by atomic mass is 19.1. The molecule has 3 nitrogen and oxygen atoms in total. The number of anilines is 2. The summed E-state index contributed by atoms with van der Waals surface area (Å²) in [6, 6.07) is 12.5. The number of rotatable bonds is 4. The van der Waals surface area contributed by atoms with Crippen LogP contribution in [0.5, 0.6) is 5.75 Å². The van der Waals surface area contributed by atoms with Crippen molar-refractivity contribution in [2.75, 3.05) is 23.7 Å². The fourth-order valence-electron chi connectivity index (χ4n) is 2.81. The van der Waals surface area contributed by atoms with Gasteiger partial charge in [0.1, 0.15) is 17.7 Å². The van der Waals surface area contributed by atoms with Crippen molar-refractivity contribution < 1.29 is 9.13 Å². The summed E-state index contributed by atoms with van der Waals surface area (Å²) in [5.41, 5.74) is 8.77. The van der Waals surface area contributed by atoms with E-state index in [1.54, 1.807) is 12.1 Å². The monoisotopic (exact) mass is 286 g/mol. The Balaban J connectivity index is 1.74. The van der Waals surface area contributed by atoms with E-state index in [1.807, 2.05) is 24.3 Å². The third kappa shape index (κ3) is 2.79. The average Bonchev–Trinajstić information content (AvgIpc) is 2.87. The lowest BCUT2D eigenvalue weighted by Gasteiger charge is -2.27. The third-order valence-electron chi connectivity index (χ3n) is 3.85. The van der Waals surface area contributed by atoms with Crippen molar-refractivity contribution in [3.63, 3.8) is 0 Å². The molecule has 2 aromatic carbocycles. The molecule has 1 aliphatic rings. The molecule has 1 unspecified atom stereocenters. The molecule has 0 saturated carbocycles. The second-order valence-electron chi connectivity index (χ2n) is 5.29. The Morgan fingerprint density at radius 3 is 2.86 bits per heavy atom. The number of likely N-dealkylation sites (N-methyl/N-ethyl adjacent to an activating group) is 1. The lowest BCUT2D eigenvalue weighted by molar-refractivity contribution is 0.237. The van der Waals surface area contributed by atoms with E-state index in [4.69, 9.17) is 10.5 Å². The first-order chi connectivity index (χ1) is 10.2. The molecule has 21 heavy (non-hydrogen) atoms. The molecule has 0 bridgehead atoms. The lowest BCUT2D eigenvalue weighted by atomic mass is 10.1.